The highest BCUT2D eigenvalue weighted by atomic mass is 28.4. The highest BCUT2D eigenvalue weighted by molar-refractivity contribution is 6.99. The van der Waals surface area contributed by atoms with Gasteiger partial charge in [0.2, 0.25) is 5.91 Å². The Bertz CT molecular complexity index is 1480. The maximum absolute atomic E-state index is 13.5. The molecule has 4 unspecified atom stereocenters. The SMILES string of the molecule is CC(=O)OC1CC2OC1CC2C[C@H](NC(=O)OCc1ccccc1)C(=O)NCCCCO[Si](c1ccccc1)(c1ccccc1)C(C)(C)C. The fourth-order valence-electron chi connectivity index (χ4n) is 7.28. The molecule has 2 aliphatic rings. The number of hydrogen-bond donors (Lipinski definition) is 2. The third-order valence-corrected chi connectivity index (χ3v) is 14.6. The van der Waals surface area contributed by atoms with Crippen molar-refractivity contribution in [2.24, 2.45) is 5.92 Å². The molecule has 2 heterocycles. The number of amides is 2. The van der Waals surface area contributed by atoms with E-state index in [4.69, 9.17) is 18.6 Å². The summed E-state index contributed by atoms with van der Waals surface area (Å²) in [6.45, 7) is 9.29. The molecule has 9 nitrogen and oxygen atoms in total. The zero-order valence-electron chi connectivity index (χ0n) is 29.1. The molecule has 2 amide bonds. The minimum Gasteiger partial charge on any atom is -0.460 e. The van der Waals surface area contributed by atoms with Gasteiger partial charge in [0.15, 0.2) is 0 Å². The number of benzene rings is 3. The lowest BCUT2D eigenvalue weighted by atomic mass is 9.83. The summed E-state index contributed by atoms with van der Waals surface area (Å²) in [5.41, 5.74) is 0.858. The van der Waals surface area contributed by atoms with Crippen LogP contribution in [0.3, 0.4) is 0 Å². The minimum absolute atomic E-state index is 0.0434. The van der Waals surface area contributed by atoms with E-state index in [9.17, 15) is 14.4 Å². The monoisotopic (exact) mass is 686 g/mol. The molecule has 0 aliphatic carbocycles. The molecule has 0 radical (unpaired) electrons. The second-order valence-electron chi connectivity index (χ2n) is 14.1. The average molecular weight is 687 g/mol. The number of hydrogen-bond acceptors (Lipinski definition) is 7. The Balaban J connectivity index is 1.17. The van der Waals surface area contributed by atoms with Crippen LogP contribution in [0.15, 0.2) is 91.0 Å². The van der Waals surface area contributed by atoms with Crippen molar-refractivity contribution in [2.45, 2.75) is 95.8 Å². The molecule has 2 saturated heterocycles. The van der Waals surface area contributed by atoms with Crippen molar-refractivity contribution in [1.82, 2.24) is 10.6 Å². The third kappa shape index (κ3) is 9.17. The van der Waals surface area contributed by atoms with Gasteiger partial charge >= 0.3 is 12.1 Å². The zero-order chi connectivity index (χ0) is 34.9. The molecule has 262 valence electrons. The molecule has 5 atom stereocenters. The molecular formula is C39H50N2O7Si. The van der Waals surface area contributed by atoms with Crippen LogP contribution < -0.4 is 21.0 Å². The number of nitrogens with one attached hydrogen (secondary N) is 2. The summed E-state index contributed by atoms with van der Waals surface area (Å²) in [6.07, 6.45) is 1.90. The summed E-state index contributed by atoms with van der Waals surface area (Å²) in [5.74, 6) is -0.541. The second kappa shape index (κ2) is 16.6. The van der Waals surface area contributed by atoms with Gasteiger partial charge in [-0.2, -0.15) is 0 Å². The summed E-state index contributed by atoms with van der Waals surface area (Å²) in [5, 5.41) is 8.21. The molecule has 2 fully saturated rings. The van der Waals surface area contributed by atoms with Gasteiger partial charge in [-0.15, -0.1) is 0 Å². The van der Waals surface area contributed by atoms with Gasteiger partial charge in [0.25, 0.3) is 8.32 Å². The van der Waals surface area contributed by atoms with Crippen molar-refractivity contribution >= 4 is 36.7 Å². The first-order valence-corrected chi connectivity index (χ1v) is 19.3. The molecule has 0 aromatic heterocycles. The molecule has 2 N–H and O–H groups in total. The van der Waals surface area contributed by atoms with E-state index in [2.05, 4.69) is 79.9 Å². The van der Waals surface area contributed by atoms with Crippen LogP contribution in [-0.4, -0.2) is 63.8 Å². The number of carbonyl (C=O) groups is 3. The van der Waals surface area contributed by atoms with E-state index in [0.717, 1.165) is 18.4 Å². The quantitative estimate of drug-likeness (QED) is 0.128. The fourth-order valence-corrected chi connectivity index (χ4v) is 11.9. The summed E-state index contributed by atoms with van der Waals surface area (Å²) >= 11 is 0. The van der Waals surface area contributed by atoms with E-state index in [-0.39, 0.29) is 47.8 Å². The molecule has 49 heavy (non-hydrogen) atoms. The van der Waals surface area contributed by atoms with Crippen LogP contribution in [0.2, 0.25) is 5.04 Å². The Labute approximate surface area is 291 Å². The van der Waals surface area contributed by atoms with E-state index in [0.29, 0.717) is 32.4 Å². The van der Waals surface area contributed by atoms with Crippen molar-refractivity contribution < 1.29 is 33.0 Å². The molecule has 0 spiro atoms. The van der Waals surface area contributed by atoms with Gasteiger partial charge in [-0.05, 0) is 52.6 Å². The van der Waals surface area contributed by atoms with Crippen LogP contribution in [0.25, 0.3) is 0 Å². The smallest absolute Gasteiger partial charge is 0.408 e. The molecule has 3 aromatic carbocycles. The van der Waals surface area contributed by atoms with Crippen molar-refractivity contribution in [3.63, 3.8) is 0 Å². The summed E-state index contributed by atoms with van der Waals surface area (Å²) in [4.78, 5) is 37.9. The first-order valence-electron chi connectivity index (χ1n) is 17.4. The van der Waals surface area contributed by atoms with Gasteiger partial charge in [-0.1, -0.05) is 112 Å². The predicted molar refractivity (Wildman–Crippen MR) is 191 cm³/mol. The summed E-state index contributed by atoms with van der Waals surface area (Å²) < 4.78 is 23.9. The predicted octanol–water partition coefficient (Wildman–Crippen LogP) is 5.25. The number of esters is 1. The molecular weight excluding hydrogens is 637 g/mol. The number of unbranched alkanes of at least 4 members (excludes halogenated alkanes) is 1. The Morgan fingerprint density at radius 3 is 2.02 bits per heavy atom. The molecule has 2 aliphatic heterocycles. The van der Waals surface area contributed by atoms with Crippen LogP contribution >= 0.6 is 0 Å². The maximum atomic E-state index is 13.5. The van der Waals surface area contributed by atoms with E-state index in [1.165, 1.54) is 17.3 Å². The second-order valence-corrected chi connectivity index (χ2v) is 18.4. The lowest BCUT2D eigenvalue weighted by molar-refractivity contribution is -0.148. The lowest BCUT2D eigenvalue weighted by Gasteiger charge is -2.43. The standard InChI is InChI=1S/C39H50N2O7Si/c1-28(42)47-36-26-34-30(25-35(36)48-34)24-33(41-38(44)45-27-29-16-8-5-9-17-29)37(43)40-22-14-15-23-46-49(39(2,3)4,31-18-10-6-11-19-31)32-20-12-7-13-21-32/h5-13,16-21,30,33-36H,14-15,22-27H2,1-4H3,(H,40,43)(H,41,44)/t30?,33-,34?,35?,36?/m0/s1. The van der Waals surface area contributed by atoms with Crippen molar-refractivity contribution in [1.29, 1.82) is 0 Å². The molecule has 5 rings (SSSR count). The highest BCUT2D eigenvalue weighted by Crippen LogP contribution is 2.42. The Kier molecular flexibility index (Phi) is 12.3. The van der Waals surface area contributed by atoms with Crippen LogP contribution in [0.5, 0.6) is 0 Å². The number of ether oxygens (including phenoxy) is 3. The van der Waals surface area contributed by atoms with E-state index >= 15 is 0 Å². The van der Waals surface area contributed by atoms with Gasteiger partial charge in [0.05, 0.1) is 12.2 Å². The largest absolute Gasteiger partial charge is 0.460 e. The average Bonchev–Trinajstić information content (AvgIpc) is 3.67. The Hall–Kier alpha value is -3.99. The van der Waals surface area contributed by atoms with Crippen LogP contribution in [0, 0.1) is 5.92 Å². The zero-order valence-corrected chi connectivity index (χ0v) is 30.1. The third-order valence-electron chi connectivity index (χ3n) is 9.57. The normalized spacial score (nSPS) is 20.7. The first-order chi connectivity index (χ1) is 23.6. The molecule has 0 saturated carbocycles. The van der Waals surface area contributed by atoms with Crippen LogP contribution in [0.1, 0.15) is 65.4 Å². The first kappa shape index (κ1) is 36.3. The summed E-state index contributed by atoms with van der Waals surface area (Å²) in [7, 11) is -2.63. The van der Waals surface area contributed by atoms with Crippen molar-refractivity contribution in [2.75, 3.05) is 13.2 Å². The maximum Gasteiger partial charge on any atom is 0.408 e. The fraction of sp³-hybridized carbons (Fsp3) is 0.462. The van der Waals surface area contributed by atoms with E-state index < -0.39 is 20.5 Å². The minimum atomic E-state index is -2.63. The van der Waals surface area contributed by atoms with Crippen LogP contribution in [0.4, 0.5) is 4.79 Å². The van der Waals surface area contributed by atoms with Crippen LogP contribution in [-0.2, 0) is 34.8 Å². The number of fused-ring (bicyclic) bond motifs is 2. The van der Waals surface area contributed by atoms with Gasteiger partial charge < -0.3 is 29.3 Å². The number of alkyl carbamates (subject to hydrolysis) is 1. The van der Waals surface area contributed by atoms with Gasteiger partial charge in [-0.3, -0.25) is 9.59 Å². The van der Waals surface area contributed by atoms with Gasteiger partial charge in [0, 0.05) is 26.5 Å². The van der Waals surface area contributed by atoms with Crippen molar-refractivity contribution in [3.8, 4) is 0 Å². The number of carbonyl (C=O) groups excluding carboxylic acids is 3. The van der Waals surface area contributed by atoms with E-state index in [1.807, 2.05) is 42.5 Å². The molecule has 10 heteroatoms. The van der Waals surface area contributed by atoms with Gasteiger partial charge in [0.1, 0.15) is 18.8 Å². The van der Waals surface area contributed by atoms with Gasteiger partial charge in [-0.25, -0.2) is 4.79 Å². The summed E-state index contributed by atoms with van der Waals surface area (Å²) in [6, 6.07) is 29.7. The lowest BCUT2D eigenvalue weighted by Crippen LogP contribution is -2.66. The highest BCUT2D eigenvalue weighted by Gasteiger charge is 2.51. The Morgan fingerprint density at radius 2 is 1.47 bits per heavy atom. The Morgan fingerprint density at radius 1 is 0.857 bits per heavy atom. The topological polar surface area (TPSA) is 112 Å². The molecule has 2 bridgehead atoms. The molecule has 3 aromatic rings. The number of rotatable bonds is 15. The van der Waals surface area contributed by atoms with E-state index in [1.54, 1.807) is 0 Å². The van der Waals surface area contributed by atoms with Crippen molar-refractivity contribution in [3.05, 3.63) is 96.6 Å².